The van der Waals surface area contributed by atoms with Crippen LogP contribution in [0.5, 0.6) is 0 Å². The van der Waals surface area contributed by atoms with Crippen LogP contribution in [-0.2, 0) is 17.9 Å². The molecular formula is C14H16F5N5OS. The molecule has 1 unspecified atom stereocenters. The first-order valence-electron chi connectivity index (χ1n) is 7.59. The van der Waals surface area contributed by atoms with Crippen LogP contribution in [0.1, 0.15) is 29.2 Å². The van der Waals surface area contributed by atoms with E-state index in [0.29, 0.717) is 5.01 Å². The topological polar surface area (TPSA) is 54.7 Å². The average molecular weight is 397 g/mol. The highest BCUT2D eigenvalue weighted by Gasteiger charge is 2.37. The molecule has 2 aromatic rings. The highest BCUT2D eigenvalue weighted by atomic mass is 32.1. The van der Waals surface area contributed by atoms with Gasteiger partial charge < -0.3 is 15.0 Å². The lowest BCUT2D eigenvalue weighted by atomic mass is 10.2. The lowest BCUT2D eigenvalue weighted by Crippen LogP contribution is -2.29. The van der Waals surface area contributed by atoms with Gasteiger partial charge in [-0.3, -0.25) is 0 Å². The lowest BCUT2D eigenvalue weighted by Gasteiger charge is -2.18. The molecule has 0 spiro atoms. The van der Waals surface area contributed by atoms with Gasteiger partial charge in [0.05, 0.1) is 37.1 Å². The van der Waals surface area contributed by atoms with Gasteiger partial charge in [0.2, 0.25) is 4.96 Å². The number of nitrogens with zero attached hydrogens (tertiary/aromatic N) is 4. The Labute approximate surface area is 149 Å². The maximum Gasteiger partial charge on any atom is 0.391 e. The third kappa shape index (κ3) is 3.90. The molecular weight excluding hydrogens is 381 g/mol. The van der Waals surface area contributed by atoms with Gasteiger partial charge in [-0.1, -0.05) is 17.9 Å². The number of halogens is 5. The fraction of sp³-hybridized carbons (Fsp3) is 0.571. The summed E-state index contributed by atoms with van der Waals surface area (Å²) in [5, 5.41) is 7.42. The van der Waals surface area contributed by atoms with E-state index in [4.69, 9.17) is 4.74 Å². The molecule has 1 saturated heterocycles. The zero-order valence-electron chi connectivity index (χ0n) is 13.7. The molecule has 0 amide bonds. The van der Waals surface area contributed by atoms with Crippen molar-refractivity contribution in [1.82, 2.24) is 24.8 Å². The molecule has 2 aromatic heterocycles. The standard InChI is InChI=1S/C14H16F5N5OS/c1-7-20-8(3-14(17,18)19)4-23(7)5-9-11(12(15)16)21-13-24(9)22-10(26-13)6-25-2/h8,12,20H,1,3-6H2,2H3. The number of rotatable bonds is 6. The van der Waals surface area contributed by atoms with Gasteiger partial charge in [0.1, 0.15) is 10.7 Å². The predicted octanol–water partition coefficient (Wildman–Crippen LogP) is 3.07. The average Bonchev–Trinajstić information content (AvgIpc) is 3.13. The van der Waals surface area contributed by atoms with Crippen LogP contribution in [0.2, 0.25) is 0 Å². The van der Waals surface area contributed by atoms with E-state index in [2.05, 4.69) is 22.0 Å². The third-order valence-corrected chi connectivity index (χ3v) is 4.74. The van der Waals surface area contributed by atoms with Crippen LogP contribution in [0, 0.1) is 0 Å². The molecule has 1 fully saturated rings. The van der Waals surface area contributed by atoms with Crippen LogP contribution >= 0.6 is 11.3 Å². The van der Waals surface area contributed by atoms with E-state index in [1.54, 1.807) is 0 Å². The second-order valence-corrected chi connectivity index (χ2v) is 6.90. The molecule has 3 heterocycles. The van der Waals surface area contributed by atoms with Crippen molar-refractivity contribution in [2.45, 2.75) is 38.2 Å². The van der Waals surface area contributed by atoms with Crippen molar-refractivity contribution in [3.63, 3.8) is 0 Å². The Balaban J connectivity index is 1.85. The van der Waals surface area contributed by atoms with Crippen molar-refractivity contribution in [3.05, 3.63) is 28.8 Å². The molecule has 12 heteroatoms. The number of imidazole rings is 1. The predicted molar refractivity (Wildman–Crippen MR) is 83.7 cm³/mol. The van der Waals surface area contributed by atoms with Crippen molar-refractivity contribution in [2.24, 2.45) is 0 Å². The van der Waals surface area contributed by atoms with Gasteiger partial charge in [-0.25, -0.2) is 18.3 Å². The molecule has 0 saturated carbocycles. The smallest absolute Gasteiger partial charge is 0.377 e. The summed E-state index contributed by atoms with van der Waals surface area (Å²) in [4.78, 5) is 5.69. The molecule has 1 aliphatic rings. The first-order chi connectivity index (χ1) is 12.2. The summed E-state index contributed by atoms with van der Waals surface area (Å²) < 4.78 is 70.6. The van der Waals surface area contributed by atoms with Crippen LogP contribution in [0.3, 0.4) is 0 Å². The maximum atomic E-state index is 13.3. The van der Waals surface area contributed by atoms with Crippen LogP contribution in [0.15, 0.2) is 12.4 Å². The Morgan fingerprint density at radius 3 is 2.77 bits per heavy atom. The molecule has 0 aliphatic carbocycles. The molecule has 1 aliphatic heterocycles. The van der Waals surface area contributed by atoms with Gasteiger partial charge >= 0.3 is 6.18 Å². The number of methoxy groups -OCH3 is 1. The van der Waals surface area contributed by atoms with Gasteiger partial charge in [-0.2, -0.15) is 18.3 Å². The molecule has 3 rings (SSSR count). The SMILES string of the molecule is C=C1NC(CC(F)(F)F)CN1Cc1c(C(F)F)nc2sc(COC)nn12. The molecule has 0 bridgehead atoms. The molecule has 1 atom stereocenters. The fourth-order valence-corrected chi connectivity index (χ4v) is 3.73. The summed E-state index contributed by atoms with van der Waals surface area (Å²) in [6, 6.07) is -0.875. The van der Waals surface area contributed by atoms with Gasteiger partial charge in [-0.05, 0) is 0 Å². The summed E-state index contributed by atoms with van der Waals surface area (Å²) in [7, 11) is 1.48. The van der Waals surface area contributed by atoms with E-state index in [1.807, 2.05) is 0 Å². The van der Waals surface area contributed by atoms with E-state index in [1.165, 1.54) is 16.5 Å². The number of hydrogen-bond acceptors (Lipinski definition) is 6. The van der Waals surface area contributed by atoms with Crippen molar-refractivity contribution >= 4 is 16.3 Å². The highest BCUT2D eigenvalue weighted by molar-refractivity contribution is 7.16. The summed E-state index contributed by atoms with van der Waals surface area (Å²) in [5.74, 6) is 0.252. The zero-order chi connectivity index (χ0) is 19.1. The minimum absolute atomic E-state index is 0.00329. The minimum Gasteiger partial charge on any atom is -0.377 e. The zero-order valence-corrected chi connectivity index (χ0v) is 14.5. The van der Waals surface area contributed by atoms with Crippen LogP contribution < -0.4 is 5.32 Å². The van der Waals surface area contributed by atoms with E-state index in [9.17, 15) is 22.0 Å². The molecule has 6 nitrogen and oxygen atoms in total. The Morgan fingerprint density at radius 1 is 1.42 bits per heavy atom. The first-order valence-corrected chi connectivity index (χ1v) is 8.41. The number of nitrogens with one attached hydrogen (secondary N) is 1. The van der Waals surface area contributed by atoms with E-state index in [0.717, 1.165) is 11.3 Å². The van der Waals surface area contributed by atoms with E-state index >= 15 is 0 Å². The van der Waals surface area contributed by atoms with Gasteiger partial charge in [0.25, 0.3) is 6.43 Å². The van der Waals surface area contributed by atoms with Crippen molar-refractivity contribution < 1.29 is 26.7 Å². The minimum atomic E-state index is -4.32. The molecule has 144 valence electrons. The largest absolute Gasteiger partial charge is 0.391 e. The summed E-state index contributed by atoms with van der Waals surface area (Å²) in [6.07, 6.45) is -8.17. The summed E-state index contributed by atoms with van der Waals surface area (Å²) >= 11 is 1.12. The Morgan fingerprint density at radius 2 is 2.15 bits per heavy atom. The lowest BCUT2D eigenvalue weighted by molar-refractivity contribution is -0.138. The van der Waals surface area contributed by atoms with E-state index < -0.39 is 30.8 Å². The number of alkyl halides is 5. The first kappa shape index (κ1) is 18.8. The van der Waals surface area contributed by atoms with Gasteiger partial charge in [0, 0.05) is 13.7 Å². The summed E-state index contributed by atoms with van der Waals surface area (Å²) in [6.45, 7) is 3.82. The fourth-order valence-electron chi connectivity index (χ4n) is 2.83. The van der Waals surface area contributed by atoms with Crippen molar-refractivity contribution in [1.29, 1.82) is 0 Å². The highest BCUT2D eigenvalue weighted by Crippen LogP contribution is 2.30. The third-order valence-electron chi connectivity index (χ3n) is 3.86. The molecule has 0 aromatic carbocycles. The van der Waals surface area contributed by atoms with Crippen LogP contribution in [-0.4, -0.2) is 45.4 Å². The number of hydrogen-bond donors (Lipinski definition) is 1. The summed E-state index contributed by atoms with van der Waals surface area (Å²) in [5.41, 5.74) is -0.302. The second kappa shape index (κ2) is 6.99. The van der Waals surface area contributed by atoms with Gasteiger partial charge in [-0.15, -0.1) is 0 Å². The monoisotopic (exact) mass is 397 g/mol. The van der Waals surface area contributed by atoms with Crippen LogP contribution in [0.4, 0.5) is 22.0 Å². The number of aromatic nitrogens is 3. The van der Waals surface area contributed by atoms with E-state index in [-0.39, 0.29) is 36.2 Å². The normalized spacial score (nSPS) is 18.3. The Hall–Kier alpha value is -1.95. The maximum absolute atomic E-state index is 13.3. The second-order valence-electron chi connectivity index (χ2n) is 5.86. The molecule has 1 N–H and O–H groups in total. The van der Waals surface area contributed by atoms with Crippen LogP contribution in [0.25, 0.3) is 4.96 Å². The van der Waals surface area contributed by atoms with Crippen molar-refractivity contribution in [2.75, 3.05) is 13.7 Å². The molecule has 0 radical (unpaired) electrons. The van der Waals surface area contributed by atoms with Gasteiger partial charge in [0.15, 0.2) is 0 Å². The quantitative estimate of drug-likeness (QED) is 0.760. The number of fused-ring (bicyclic) bond motifs is 1. The number of ether oxygens (including phenoxy) is 1. The Bertz CT molecular complexity index is 802. The molecule has 26 heavy (non-hydrogen) atoms. The van der Waals surface area contributed by atoms with Crippen molar-refractivity contribution in [3.8, 4) is 0 Å². The Kier molecular flexibility index (Phi) is 5.06.